The minimum Gasteiger partial charge on any atom is -0.332 e. The number of aromatic nitrogens is 2. The summed E-state index contributed by atoms with van der Waals surface area (Å²) in [4.78, 5) is 10.7. The molecule has 0 saturated carbocycles. The van der Waals surface area contributed by atoms with E-state index in [0.717, 1.165) is 13.0 Å². The number of nitrogens with zero attached hydrogens (tertiary/aromatic N) is 4. The third kappa shape index (κ3) is 2.10. The van der Waals surface area contributed by atoms with Crippen molar-refractivity contribution in [2.45, 2.75) is 12.5 Å². The summed E-state index contributed by atoms with van der Waals surface area (Å²) < 4.78 is 0. The van der Waals surface area contributed by atoms with Gasteiger partial charge in [-0.2, -0.15) is 5.26 Å². The van der Waals surface area contributed by atoms with E-state index in [1.165, 1.54) is 11.1 Å². The highest BCUT2D eigenvalue weighted by Gasteiger charge is 2.27. The molecule has 20 heavy (non-hydrogen) atoms. The minimum atomic E-state index is 0.0638. The lowest BCUT2D eigenvalue weighted by atomic mass is 9.93. The molecule has 0 aliphatic carbocycles. The van der Waals surface area contributed by atoms with Gasteiger partial charge >= 0.3 is 0 Å². The molecule has 2 N–H and O–H groups in total. The van der Waals surface area contributed by atoms with Gasteiger partial charge in [0.05, 0.1) is 6.04 Å². The first-order valence-electron chi connectivity index (χ1n) is 6.61. The number of anilines is 1. The molecule has 1 aromatic carbocycles. The van der Waals surface area contributed by atoms with Crippen LogP contribution in [0.5, 0.6) is 0 Å². The van der Waals surface area contributed by atoms with Crippen molar-refractivity contribution in [3.05, 3.63) is 53.3 Å². The number of fused-ring (bicyclic) bond motifs is 1. The summed E-state index contributed by atoms with van der Waals surface area (Å²) >= 11 is 0. The Morgan fingerprint density at radius 3 is 3.00 bits per heavy atom. The van der Waals surface area contributed by atoms with Crippen LogP contribution in [-0.2, 0) is 6.42 Å². The fourth-order valence-corrected chi connectivity index (χ4v) is 2.69. The topological polar surface area (TPSA) is 78.8 Å². The highest BCUT2D eigenvalue weighted by Crippen LogP contribution is 2.31. The van der Waals surface area contributed by atoms with Crippen LogP contribution in [0, 0.1) is 11.3 Å². The first-order valence-corrected chi connectivity index (χ1v) is 6.61. The molecule has 0 fully saturated rings. The summed E-state index contributed by atoms with van der Waals surface area (Å²) in [7, 11) is 0. The quantitative estimate of drug-likeness (QED) is 0.888. The van der Waals surface area contributed by atoms with Gasteiger partial charge in [-0.05, 0) is 23.6 Å². The predicted molar refractivity (Wildman–Crippen MR) is 76.0 cm³/mol. The van der Waals surface area contributed by atoms with Crippen molar-refractivity contribution in [1.29, 1.82) is 5.26 Å². The van der Waals surface area contributed by atoms with Gasteiger partial charge in [0, 0.05) is 19.3 Å². The third-order valence-corrected chi connectivity index (χ3v) is 3.65. The van der Waals surface area contributed by atoms with Crippen molar-refractivity contribution in [2.24, 2.45) is 5.73 Å². The molecule has 2 aromatic rings. The van der Waals surface area contributed by atoms with Crippen LogP contribution in [0.25, 0.3) is 0 Å². The number of nitrogens with two attached hydrogens (primary N) is 1. The molecule has 0 radical (unpaired) electrons. The Morgan fingerprint density at radius 2 is 2.20 bits per heavy atom. The van der Waals surface area contributed by atoms with E-state index in [1.54, 1.807) is 12.3 Å². The molecule has 1 aliphatic heterocycles. The lowest BCUT2D eigenvalue weighted by molar-refractivity contribution is 0.576. The normalized spacial score (nSPS) is 17.4. The number of hydrogen-bond donors (Lipinski definition) is 1. The van der Waals surface area contributed by atoms with Crippen LogP contribution in [0.4, 0.5) is 5.95 Å². The number of benzene rings is 1. The summed E-state index contributed by atoms with van der Waals surface area (Å²) in [6.07, 6.45) is 2.56. The average molecular weight is 265 g/mol. The summed E-state index contributed by atoms with van der Waals surface area (Å²) in [5, 5.41) is 8.96. The van der Waals surface area contributed by atoms with Gasteiger partial charge in [0.2, 0.25) is 5.95 Å². The molecule has 100 valence electrons. The lowest BCUT2D eigenvalue weighted by Crippen LogP contribution is -2.40. The van der Waals surface area contributed by atoms with Crippen molar-refractivity contribution in [2.75, 3.05) is 18.0 Å². The Morgan fingerprint density at radius 1 is 1.35 bits per heavy atom. The molecule has 5 heteroatoms. The average Bonchev–Trinajstić information content (AvgIpc) is 2.53. The van der Waals surface area contributed by atoms with Crippen LogP contribution in [0.15, 0.2) is 36.5 Å². The first-order chi connectivity index (χ1) is 9.83. The van der Waals surface area contributed by atoms with Gasteiger partial charge < -0.3 is 10.6 Å². The monoisotopic (exact) mass is 265 g/mol. The lowest BCUT2D eigenvalue weighted by Gasteiger charge is -2.36. The van der Waals surface area contributed by atoms with Crippen molar-refractivity contribution < 1.29 is 0 Å². The highest BCUT2D eigenvalue weighted by atomic mass is 15.3. The van der Waals surface area contributed by atoms with E-state index in [0.29, 0.717) is 18.2 Å². The Labute approximate surface area is 117 Å². The van der Waals surface area contributed by atoms with E-state index in [2.05, 4.69) is 33.1 Å². The molecule has 1 aromatic heterocycles. The molecule has 1 atom stereocenters. The van der Waals surface area contributed by atoms with Crippen molar-refractivity contribution >= 4 is 5.95 Å². The summed E-state index contributed by atoms with van der Waals surface area (Å²) in [5.41, 5.74) is 8.89. The maximum Gasteiger partial charge on any atom is 0.227 e. The van der Waals surface area contributed by atoms with Gasteiger partial charge in [-0.3, -0.25) is 0 Å². The molecule has 1 aliphatic rings. The molecule has 0 spiro atoms. The van der Waals surface area contributed by atoms with E-state index >= 15 is 0 Å². The maximum absolute atomic E-state index is 8.96. The van der Waals surface area contributed by atoms with Gasteiger partial charge in [0.1, 0.15) is 11.8 Å². The number of nitriles is 1. The van der Waals surface area contributed by atoms with Gasteiger partial charge in [-0.1, -0.05) is 24.3 Å². The van der Waals surface area contributed by atoms with Crippen LogP contribution < -0.4 is 10.6 Å². The Kier molecular flexibility index (Phi) is 3.32. The molecule has 0 saturated heterocycles. The third-order valence-electron chi connectivity index (χ3n) is 3.65. The largest absolute Gasteiger partial charge is 0.332 e. The van der Waals surface area contributed by atoms with Gasteiger partial charge in [-0.25, -0.2) is 9.97 Å². The predicted octanol–water partition coefficient (Wildman–Crippen LogP) is 1.41. The van der Waals surface area contributed by atoms with Crippen LogP contribution in [0.1, 0.15) is 22.9 Å². The van der Waals surface area contributed by atoms with Crippen molar-refractivity contribution in [3.8, 4) is 6.07 Å². The zero-order valence-electron chi connectivity index (χ0n) is 11.0. The fourth-order valence-electron chi connectivity index (χ4n) is 2.69. The van der Waals surface area contributed by atoms with Gasteiger partial charge in [-0.15, -0.1) is 0 Å². The Balaban J connectivity index is 2.01. The van der Waals surface area contributed by atoms with Crippen LogP contribution in [0.3, 0.4) is 0 Å². The van der Waals surface area contributed by atoms with E-state index in [-0.39, 0.29) is 6.04 Å². The number of rotatable bonds is 2. The Hall–Kier alpha value is -2.45. The molecule has 1 unspecified atom stereocenters. The smallest absolute Gasteiger partial charge is 0.227 e. The zero-order chi connectivity index (χ0) is 13.9. The molecular formula is C15H15N5. The SMILES string of the molecule is N#Cc1ccnc(N2CCc3ccccc3C2CN)n1. The Bertz CT molecular complexity index is 661. The first kappa shape index (κ1) is 12.6. The summed E-state index contributed by atoms with van der Waals surface area (Å²) in [6, 6.07) is 12.0. The van der Waals surface area contributed by atoms with Crippen LogP contribution >= 0.6 is 0 Å². The second-order valence-electron chi connectivity index (χ2n) is 4.75. The minimum absolute atomic E-state index is 0.0638. The highest BCUT2D eigenvalue weighted by molar-refractivity contribution is 5.45. The second-order valence-corrected chi connectivity index (χ2v) is 4.75. The van der Waals surface area contributed by atoms with Crippen LogP contribution in [0.2, 0.25) is 0 Å². The second kappa shape index (κ2) is 5.27. The molecule has 0 amide bonds. The molecule has 5 nitrogen and oxygen atoms in total. The summed E-state index contributed by atoms with van der Waals surface area (Å²) in [5.74, 6) is 0.578. The van der Waals surface area contributed by atoms with E-state index < -0.39 is 0 Å². The molecule has 2 heterocycles. The molecule has 0 bridgehead atoms. The fraction of sp³-hybridized carbons (Fsp3) is 0.267. The molecule has 3 rings (SSSR count). The van der Waals surface area contributed by atoms with Gasteiger partial charge in [0.15, 0.2) is 0 Å². The zero-order valence-corrected chi connectivity index (χ0v) is 11.0. The van der Waals surface area contributed by atoms with Gasteiger partial charge in [0.25, 0.3) is 0 Å². The van der Waals surface area contributed by atoms with Crippen LogP contribution in [-0.4, -0.2) is 23.1 Å². The van der Waals surface area contributed by atoms with Crippen molar-refractivity contribution in [1.82, 2.24) is 9.97 Å². The molecular weight excluding hydrogens is 250 g/mol. The van der Waals surface area contributed by atoms with E-state index in [9.17, 15) is 0 Å². The van der Waals surface area contributed by atoms with E-state index in [1.807, 2.05) is 12.1 Å². The standard InChI is InChI=1S/C15H15N5/c16-9-12-5-7-18-15(19-12)20-8-6-11-3-1-2-4-13(11)14(20)10-17/h1-5,7,14H,6,8,10,17H2. The maximum atomic E-state index is 8.96. The number of hydrogen-bond acceptors (Lipinski definition) is 5. The van der Waals surface area contributed by atoms with E-state index in [4.69, 9.17) is 11.0 Å². The summed E-state index contributed by atoms with van der Waals surface area (Å²) in [6.45, 7) is 1.31. The van der Waals surface area contributed by atoms with Crippen molar-refractivity contribution in [3.63, 3.8) is 0 Å².